The van der Waals surface area contributed by atoms with Crippen LogP contribution in [0.3, 0.4) is 0 Å². The van der Waals surface area contributed by atoms with E-state index >= 15 is 0 Å². The summed E-state index contributed by atoms with van der Waals surface area (Å²) in [6.45, 7) is 25.2. The van der Waals surface area contributed by atoms with Crippen LogP contribution < -0.4 is 0 Å². The molecule has 0 aliphatic heterocycles. The molecule has 0 aromatic carbocycles. The molecule has 0 aliphatic carbocycles. The van der Waals surface area contributed by atoms with Gasteiger partial charge >= 0.3 is 0 Å². The Morgan fingerprint density at radius 2 is 0.850 bits per heavy atom. The van der Waals surface area contributed by atoms with Crippen molar-refractivity contribution in [2.24, 2.45) is 0 Å². The van der Waals surface area contributed by atoms with Crippen molar-refractivity contribution in [1.29, 1.82) is 0 Å². The summed E-state index contributed by atoms with van der Waals surface area (Å²) in [6.07, 6.45) is 6.83. The molecular formula is C17H42Si3. The molecule has 0 N–H and O–H groups in total. The zero-order chi connectivity index (χ0) is 15.7. The quantitative estimate of drug-likeness (QED) is 0.352. The highest BCUT2D eigenvalue weighted by molar-refractivity contribution is 6.77. The van der Waals surface area contributed by atoms with Gasteiger partial charge in [0.1, 0.15) is 0 Å². The van der Waals surface area contributed by atoms with E-state index in [0.717, 1.165) is 0 Å². The van der Waals surface area contributed by atoms with Crippen molar-refractivity contribution in [3.8, 4) is 0 Å². The van der Waals surface area contributed by atoms with Crippen LogP contribution in [0.1, 0.15) is 7.43 Å². The molecule has 0 spiro atoms. The fourth-order valence-corrected chi connectivity index (χ4v) is 3.92. The van der Waals surface area contributed by atoms with Crippen molar-refractivity contribution in [2.75, 3.05) is 0 Å². The first-order valence-corrected chi connectivity index (χ1v) is 18.6. The summed E-state index contributed by atoms with van der Waals surface area (Å²) in [6, 6.07) is 3.93. The van der Waals surface area contributed by atoms with Crippen molar-refractivity contribution < 1.29 is 0 Å². The second kappa shape index (κ2) is 10.8. The smallest absolute Gasteiger partial charge is 0.0480 e. The van der Waals surface area contributed by atoms with Crippen LogP contribution in [0.2, 0.25) is 77.1 Å². The summed E-state index contributed by atoms with van der Waals surface area (Å²) in [5.74, 6) is 0. The third-order valence-electron chi connectivity index (χ3n) is 2.38. The molecule has 0 unspecified atom stereocenters. The Hall–Kier alpha value is 0.131. The van der Waals surface area contributed by atoms with Crippen LogP contribution >= 0.6 is 0 Å². The first-order valence-electron chi connectivity index (χ1n) is 7.53. The first kappa shape index (κ1) is 25.1. The van der Waals surface area contributed by atoms with Crippen LogP contribution in [-0.2, 0) is 0 Å². The van der Waals surface area contributed by atoms with Gasteiger partial charge in [-0.25, -0.2) is 0 Å². The van der Waals surface area contributed by atoms with Gasteiger partial charge in [-0.05, 0) is 18.1 Å². The summed E-state index contributed by atoms with van der Waals surface area (Å²) < 4.78 is 0. The van der Waals surface area contributed by atoms with Crippen LogP contribution in [0.5, 0.6) is 0 Å². The van der Waals surface area contributed by atoms with Gasteiger partial charge in [0, 0.05) is 24.2 Å². The Labute approximate surface area is 133 Å². The van der Waals surface area contributed by atoms with Crippen LogP contribution in [-0.4, -0.2) is 24.2 Å². The molecule has 0 saturated carbocycles. The second-order valence-electron chi connectivity index (χ2n) is 9.05. The monoisotopic (exact) mass is 330 g/mol. The normalized spacial score (nSPS) is 12.4. The van der Waals surface area contributed by atoms with E-state index in [9.17, 15) is 0 Å². The summed E-state index contributed by atoms with van der Waals surface area (Å²) in [4.78, 5) is 0. The number of hydrogen-bond donors (Lipinski definition) is 0. The largest absolute Gasteiger partial charge is 0.103 e. The van der Waals surface area contributed by atoms with Gasteiger partial charge in [-0.2, -0.15) is 0 Å². The fourth-order valence-electron chi connectivity index (χ4n) is 1.31. The molecule has 0 aromatic rings. The van der Waals surface area contributed by atoms with Gasteiger partial charge in [-0.1, -0.05) is 84.6 Å². The molecular weight excluding hydrogens is 288 g/mol. The van der Waals surface area contributed by atoms with Crippen molar-refractivity contribution in [2.45, 2.75) is 84.5 Å². The minimum atomic E-state index is -0.825. The number of hydrogen-bond acceptors (Lipinski definition) is 0. The topological polar surface area (TPSA) is 0 Å². The molecule has 122 valence electrons. The highest BCUT2D eigenvalue weighted by Crippen LogP contribution is 2.12. The van der Waals surface area contributed by atoms with Crippen molar-refractivity contribution in [3.63, 3.8) is 0 Å². The summed E-state index contributed by atoms with van der Waals surface area (Å²) in [7, 11) is -2.43. The molecule has 20 heavy (non-hydrogen) atoms. The Morgan fingerprint density at radius 1 is 0.600 bits per heavy atom. The van der Waals surface area contributed by atoms with E-state index in [1.807, 2.05) is 6.08 Å². The van der Waals surface area contributed by atoms with Gasteiger partial charge in [0.25, 0.3) is 0 Å². The van der Waals surface area contributed by atoms with E-state index in [0.29, 0.717) is 0 Å². The molecule has 3 heteroatoms. The average Bonchev–Trinajstić information content (AvgIpc) is 2.08. The Morgan fingerprint density at radius 3 is 0.950 bits per heavy atom. The Kier molecular flexibility index (Phi) is 13.6. The van der Waals surface area contributed by atoms with Crippen LogP contribution in [0.4, 0.5) is 0 Å². The maximum atomic E-state index is 3.68. The lowest BCUT2D eigenvalue weighted by atomic mass is 10.6. The fraction of sp³-hybridized carbons (Fsp3) is 0.765. The van der Waals surface area contributed by atoms with Crippen molar-refractivity contribution in [3.05, 3.63) is 24.8 Å². The van der Waals surface area contributed by atoms with E-state index in [1.165, 1.54) is 18.1 Å². The van der Waals surface area contributed by atoms with Gasteiger partial charge in [-0.3, -0.25) is 0 Å². The third kappa shape index (κ3) is 30.9. The molecule has 0 rings (SSSR count). The van der Waals surface area contributed by atoms with Crippen molar-refractivity contribution in [1.82, 2.24) is 0 Å². The molecule has 0 bridgehead atoms. The van der Waals surface area contributed by atoms with Crippen molar-refractivity contribution >= 4 is 24.2 Å². The lowest BCUT2D eigenvalue weighted by molar-refractivity contribution is 1.44. The molecule has 0 fully saturated rings. The lowest BCUT2D eigenvalue weighted by Gasteiger charge is -2.14. The minimum Gasteiger partial charge on any atom is -0.103 e. The van der Waals surface area contributed by atoms with Gasteiger partial charge in [0.2, 0.25) is 0 Å². The van der Waals surface area contributed by atoms with Gasteiger partial charge in [-0.15, -0.1) is 6.58 Å². The molecule has 0 atom stereocenters. The van der Waals surface area contributed by atoms with Gasteiger partial charge in [0.15, 0.2) is 0 Å². The highest BCUT2D eigenvalue weighted by Gasteiger charge is 2.11. The Balaban J connectivity index is -0.000000312. The lowest BCUT2D eigenvalue weighted by Crippen LogP contribution is -2.19. The zero-order valence-corrected chi connectivity index (χ0v) is 18.1. The number of allylic oxidation sites excluding steroid dienone is 3. The average molecular weight is 331 g/mol. The highest BCUT2D eigenvalue weighted by atomic mass is 28.3. The van der Waals surface area contributed by atoms with Crippen LogP contribution in [0.25, 0.3) is 0 Å². The Bertz CT molecular complexity index is 241. The van der Waals surface area contributed by atoms with E-state index in [1.54, 1.807) is 0 Å². The summed E-state index contributed by atoms with van der Waals surface area (Å²) in [5.41, 5.74) is 0. The minimum absolute atomic E-state index is 0. The zero-order valence-electron chi connectivity index (χ0n) is 15.1. The number of rotatable bonds is 6. The second-order valence-corrected chi connectivity index (χ2v) is 25.6. The third-order valence-corrected chi connectivity index (χ3v) is 6.82. The maximum absolute atomic E-state index is 3.68. The van der Waals surface area contributed by atoms with E-state index in [2.05, 4.69) is 77.7 Å². The molecule has 0 radical (unpaired) electrons. The van der Waals surface area contributed by atoms with E-state index in [-0.39, 0.29) is 7.43 Å². The van der Waals surface area contributed by atoms with Gasteiger partial charge in [0.05, 0.1) is 0 Å². The predicted molar refractivity (Wildman–Crippen MR) is 111 cm³/mol. The first-order chi connectivity index (χ1) is 8.27. The van der Waals surface area contributed by atoms with E-state index in [4.69, 9.17) is 0 Å². The standard InChI is InChI=1S/C10H24Si2.C6H14Si.CH4/c1-11(2,3)9-7-8-10-12(4,5)6;1-5-6-7(2,3)4;/h7-8H,9-10H2,1-6H3;5H,1,6H2,2-4H3;1H4. The predicted octanol–water partition coefficient (Wildman–Crippen LogP) is 7.37. The summed E-state index contributed by atoms with van der Waals surface area (Å²) in [5, 5.41) is 0. The molecule has 0 saturated heterocycles. The molecule has 0 aliphatic rings. The van der Waals surface area contributed by atoms with Crippen LogP contribution in [0, 0.1) is 0 Å². The van der Waals surface area contributed by atoms with E-state index < -0.39 is 24.2 Å². The summed E-state index contributed by atoms with van der Waals surface area (Å²) >= 11 is 0. The van der Waals surface area contributed by atoms with Gasteiger partial charge < -0.3 is 0 Å². The maximum Gasteiger partial charge on any atom is 0.0480 e. The molecule has 0 nitrogen and oxygen atoms in total. The molecule has 0 amide bonds. The molecule has 0 heterocycles. The molecule has 0 aromatic heterocycles. The SMILES string of the molecule is C.C=CC[Si](C)(C)C.C[Si](C)(C)CC=CC[Si](C)(C)C. The van der Waals surface area contributed by atoms with Crippen LogP contribution in [0.15, 0.2) is 24.8 Å².